The highest BCUT2D eigenvalue weighted by Gasteiger charge is 2.32. The number of thiazole rings is 1. The number of aryl methyl sites for hydroxylation is 1. The number of hydrogen-bond acceptors (Lipinski definition) is 7. The number of nitrogens with one attached hydrogen (secondary N) is 2. The predicted octanol–water partition coefficient (Wildman–Crippen LogP) is 3.81. The number of nitrogens with zero attached hydrogens (tertiary/aromatic N) is 1. The van der Waals surface area contributed by atoms with E-state index in [-0.39, 0.29) is 17.7 Å². The van der Waals surface area contributed by atoms with Crippen LogP contribution in [-0.4, -0.2) is 44.7 Å². The molecule has 0 saturated carbocycles. The van der Waals surface area contributed by atoms with Gasteiger partial charge in [-0.25, -0.2) is 4.98 Å². The molecule has 34 heavy (non-hydrogen) atoms. The van der Waals surface area contributed by atoms with Crippen molar-refractivity contribution in [2.24, 2.45) is 0 Å². The van der Waals surface area contributed by atoms with E-state index in [0.29, 0.717) is 35.2 Å². The molecule has 178 valence electrons. The zero-order valence-corrected chi connectivity index (χ0v) is 20.2. The molecule has 1 atom stereocenters. The lowest BCUT2D eigenvalue weighted by Crippen LogP contribution is -2.30. The Morgan fingerprint density at radius 1 is 1.03 bits per heavy atom. The lowest BCUT2D eigenvalue weighted by Gasteiger charge is -2.11. The van der Waals surface area contributed by atoms with Gasteiger partial charge in [0, 0.05) is 23.1 Å². The lowest BCUT2D eigenvalue weighted by molar-refractivity contribution is -0.122. The number of carbonyl (C=O) groups is 2. The first-order valence-corrected chi connectivity index (χ1v) is 11.8. The van der Waals surface area contributed by atoms with Crippen LogP contribution in [0.5, 0.6) is 17.2 Å². The molecule has 9 heteroatoms. The average Bonchev–Trinajstić information content (AvgIpc) is 3.43. The molecule has 1 aromatic heterocycles. The molecule has 1 aliphatic rings. The minimum Gasteiger partial charge on any atom is -0.497 e. The van der Waals surface area contributed by atoms with Gasteiger partial charge in [-0.1, -0.05) is 12.1 Å². The number of ether oxygens (including phenoxy) is 3. The molecule has 0 saturated heterocycles. The van der Waals surface area contributed by atoms with Crippen molar-refractivity contribution in [3.8, 4) is 17.2 Å². The van der Waals surface area contributed by atoms with Gasteiger partial charge in [-0.15, -0.1) is 11.3 Å². The SMILES string of the molecule is COc1cccc(CCNC(=O)C2CCc3sc(NC(=O)c4cc(OC)cc(OC)c4)nc32)c1. The number of amides is 2. The number of anilines is 1. The van der Waals surface area contributed by atoms with Gasteiger partial charge >= 0.3 is 0 Å². The first-order valence-electron chi connectivity index (χ1n) is 11.0. The molecular formula is C25H27N3O5S. The van der Waals surface area contributed by atoms with E-state index in [9.17, 15) is 9.59 Å². The second-order valence-electron chi connectivity index (χ2n) is 7.87. The molecule has 1 aliphatic carbocycles. The third-order valence-electron chi connectivity index (χ3n) is 5.72. The summed E-state index contributed by atoms with van der Waals surface area (Å²) in [7, 11) is 4.70. The van der Waals surface area contributed by atoms with Crippen molar-refractivity contribution >= 4 is 28.3 Å². The molecule has 0 fully saturated rings. The minimum atomic E-state index is -0.316. The van der Waals surface area contributed by atoms with Crippen molar-refractivity contribution in [2.45, 2.75) is 25.2 Å². The Balaban J connectivity index is 1.37. The lowest BCUT2D eigenvalue weighted by atomic mass is 10.1. The fraction of sp³-hybridized carbons (Fsp3) is 0.320. The van der Waals surface area contributed by atoms with Crippen molar-refractivity contribution < 1.29 is 23.8 Å². The molecule has 0 radical (unpaired) electrons. The maximum Gasteiger partial charge on any atom is 0.257 e. The van der Waals surface area contributed by atoms with Crippen molar-refractivity contribution in [1.29, 1.82) is 0 Å². The summed E-state index contributed by atoms with van der Waals surface area (Å²) in [5.74, 6) is 1.19. The predicted molar refractivity (Wildman–Crippen MR) is 130 cm³/mol. The molecule has 1 unspecified atom stereocenters. The summed E-state index contributed by atoms with van der Waals surface area (Å²) in [6.07, 6.45) is 2.20. The number of carbonyl (C=O) groups excluding carboxylic acids is 2. The summed E-state index contributed by atoms with van der Waals surface area (Å²) in [4.78, 5) is 31.2. The zero-order chi connectivity index (χ0) is 24.1. The standard InChI is InChI=1S/C25H27N3O5S/c1-31-17-6-4-5-15(11-17)9-10-26-24(30)20-7-8-21-22(20)27-25(34-21)28-23(29)16-12-18(32-2)14-19(13-16)33-3/h4-6,11-14,20H,7-10H2,1-3H3,(H,26,30)(H,27,28,29). The largest absolute Gasteiger partial charge is 0.497 e. The Kier molecular flexibility index (Phi) is 7.32. The first-order chi connectivity index (χ1) is 16.5. The molecule has 0 bridgehead atoms. The van der Waals surface area contributed by atoms with Gasteiger partial charge in [-0.3, -0.25) is 14.9 Å². The second kappa shape index (κ2) is 10.6. The maximum absolute atomic E-state index is 12.8. The molecule has 0 aliphatic heterocycles. The highest BCUT2D eigenvalue weighted by atomic mass is 32.1. The van der Waals surface area contributed by atoms with E-state index >= 15 is 0 Å². The van der Waals surface area contributed by atoms with Crippen LogP contribution in [0.25, 0.3) is 0 Å². The smallest absolute Gasteiger partial charge is 0.257 e. The topological polar surface area (TPSA) is 98.8 Å². The average molecular weight is 482 g/mol. The van der Waals surface area contributed by atoms with Crippen LogP contribution in [0.15, 0.2) is 42.5 Å². The van der Waals surface area contributed by atoms with Gasteiger partial charge < -0.3 is 19.5 Å². The first kappa shape index (κ1) is 23.6. The molecule has 2 aromatic carbocycles. The van der Waals surface area contributed by atoms with Crippen LogP contribution in [0.4, 0.5) is 5.13 Å². The molecule has 2 N–H and O–H groups in total. The Labute approximate surface area is 202 Å². The van der Waals surface area contributed by atoms with Gasteiger partial charge in [-0.2, -0.15) is 0 Å². The van der Waals surface area contributed by atoms with E-state index in [1.807, 2.05) is 24.3 Å². The van der Waals surface area contributed by atoms with E-state index in [1.54, 1.807) is 25.3 Å². The zero-order valence-electron chi connectivity index (χ0n) is 19.3. The molecular weight excluding hydrogens is 454 g/mol. The second-order valence-corrected chi connectivity index (χ2v) is 8.95. The third kappa shape index (κ3) is 5.31. The molecule has 3 aromatic rings. The summed E-state index contributed by atoms with van der Waals surface area (Å²) >= 11 is 1.41. The third-order valence-corrected chi connectivity index (χ3v) is 6.76. The van der Waals surface area contributed by atoms with Crippen LogP contribution in [0.3, 0.4) is 0 Å². The number of benzene rings is 2. The molecule has 2 amide bonds. The Morgan fingerprint density at radius 2 is 1.76 bits per heavy atom. The summed E-state index contributed by atoms with van der Waals surface area (Å²) in [5.41, 5.74) is 2.25. The van der Waals surface area contributed by atoms with E-state index in [1.165, 1.54) is 25.6 Å². The summed E-state index contributed by atoms with van der Waals surface area (Å²) < 4.78 is 15.7. The number of hydrogen-bond donors (Lipinski definition) is 2. The Morgan fingerprint density at radius 3 is 2.47 bits per heavy atom. The number of methoxy groups -OCH3 is 3. The van der Waals surface area contributed by atoms with Crippen LogP contribution in [0.1, 0.15) is 38.8 Å². The maximum atomic E-state index is 12.8. The number of aromatic nitrogens is 1. The van der Waals surface area contributed by atoms with E-state index in [0.717, 1.165) is 34.7 Å². The number of rotatable bonds is 9. The minimum absolute atomic E-state index is 0.0395. The molecule has 1 heterocycles. The van der Waals surface area contributed by atoms with E-state index in [2.05, 4.69) is 15.6 Å². The summed E-state index contributed by atoms with van der Waals surface area (Å²) in [6.45, 7) is 0.531. The van der Waals surface area contributed by atoms with Gasteiger partial charge in [0.05, 0.1) is 32.9 Å². The van der Waals surface area contributed by atoms with Gasteiger partial charge in [0.25, 0.3) is 5.91 Å². The monoisotopic (exact) mass is 481 g/mol. The van der Waals surface area contributed by atoms with E-state index < -0.39 is 0 Å². The van der Waals surface area contributed by atoms with Crippen LogP contribution in [0, 0.1) is 0 Å². The molecule has 8 nitrogen and oxygen atoms in total. The van der Waals surface area contributed by atoms with Crippen molar-refractivity contribution in [1.82, 2.24) is 10.3 Å². The summed E-state index contributed by atoms with van der Waals surface area (Å²) in [5, 5.41) is 6.34. The van der Waals surface area contributed by atoms with Crippen molar-refractivity contribution in [3.05, 3.63) is 64.2 Å². The van der Waals surface area contributed by atoms with Crippen LogP contribution >= 0.6 is 11.3 Å². The van der Waals surface area contributed by atoms with Crippen molar-refractivity contribution in [3.63, 3.8) is 0 Å². The van der Waals surface area contributed by atoms with Crippen molar-refractivity contribution in [2.75, 3.05) is 33.2 Å². The Hall–Kier alpha value is -3.59. The van der Waals surface area contributed by atoms with Crippen LogP contribution in [0.2, 0.25) is 0 Å². The molecule has 0 spiro atoms. The fourth-order valence-corrected chi connectivity index (χ4v) is 4.96. The van der Waals surface area contributed by atoms with Gasteiger partial charge in [0.15, 0.2) is 5.13 Å². The van der Waals surface area contributed by atoms with Gasteiger partial charge in [-0.05, 0) is 49.1 Å². The fourth-order valence-electron chi connectivity index (χ4n) is 3.92. The highest BCUT2D eigenvalue weighted by molar-refractivity contribution is 7.16. The van der Waals surface area contributed by atoms with Crippen LogP contribution in [-0.2, 0) is 17.6 Å². The highest BCUT2D eigenvalue weighted by Crippen LogP contribution is 2.38. The van der Waals surface area contributed by atoms with Crippen LogP contribution < -0.4 is 24.8 Å². The number of fused-ring (bicyclic) bond motifs is 1. The Bertz CT molecular complexity index is 1170. The van der Waals surface area contributed by atoms with Gasteiger partial charge in [0.2, 0.25) is 5.91 Å². The summed E-state index contributed by atoms with van der Waals surface area (Å²) in [6, 6.07) is 12.8. The quantitative estimate of drug-likeness (QED) is 0.482. The van der Waals surface area contributed by atoms with Gasteiger partial charge in [0.1, 0.15) is 17.2 Å². The van der Waals surface area contributed by atoms with E-state index in [4.69, 9.17) is 14.2 Å². The normalized spacial score (nSPS) is 14.3. The molecule has 4 rings (SSSR count).